The van der Waals surface area contributed by atoms with Crippen LogP contribution in [-0.2, 0) is 0 Å². The summed E-state index contributed by atoms with van der Waals surface area (Å²) in [6, 6.07) is 0. The van der Waals surface area contributed by atoms with Crippen LogP contribution in [0, 0.1) is 0 Å². The molecule has 62 valence electrons. The molecule has 0 aliphatic heterocycles. The third-order valence-corrected chi connectivity index (χ3v) is 2.90. The summed E-state index contributed by atoms with van der Waals surface area (Å²) in [5.74, 6) is 0. The molecule has 1 nitrogen and oxygen atoms in total. The van der Waals surface area contributed by atoms with Crippen LogP contribution in [0.2, 0.25) is 0 Å². The smallest absolute Gasteiger partial charge is 0.0316 e. The summed E-state index contributed by atoms with van der Waals surface area (Å²) in [5.41, 5.74) is 2.72. The van der Waals surface area contributed by atoms with Crippen molar-refractivity contribution in [1.29, 1.82) is 0 Å². The van der Waals surface area contributed by atoms with Crippen LogP contribution in [0.15, 0.2) is 22.3 Å². The van der Waals surface area contributed by atoms with Gasteiger partial charge in [0.25, 0.3) is 0 Å². The highest BCUT2D eigenvalue weighted by Crippen LogP contribution is 2.31. The van der Waals surface area contributed by atoms with Crippen molar-refractivity contribution in [3.8, 4) is 0 Å². The summed E-state index contributed by atoms with van der Waals surface area (Å²) in [6.07, 6.45) is 5.20. The molecule has 1 aliphatic carbocycles. The van der Waals surface area contributed by atoms with Crippen LogP contribution in [0.5, 0.6) is 0 Å². The van der Waals surface area contributed by atoms with E-state index in [1.165, 1.54) is 16.2 Å². The number of hydrogen-bond donors (Lipinski definition) is 1. The van der Waals surface area contributed by atoms with Gasteiger partial charge in [0.1, 0.15) is 0 Å². The molecule has 0 fully saturated rings. The Kier molecular flexibility index (Phi) is 2.96. The molecule has 0 aromatic heterocycles. The predicted molar refractivity (Wildman–Crippen MR) is 55.7 cm³/mol. The summed E-state index contributed by atoms with van der Waals surface area (Å²) in [4.78, 5) is 1.17. The number of nitrogens with zero attached hydrogens (tertiary/aromatic N) is 1. The molecule has 3 heteroatoms. The first-order chi connectivity index (χ1) is 5.15. The summed E-state index contributed by atoms with van der Waals surface area (Å²) < 4.78 is 2.19. The summed E-state index contributed by atoms with van der Waals surface area (Å²) in [6.45, 7) is 2.13. The second-order valence-corrected chi connectivity index (χ2v) is 4.11. The predicted octanol–water partition coefficient (Wildman–Crippen LogP) is 2.69. The van der Waals surface area contributed by atoms with Gasteiger partial charge in [-0.15, -0.1) is 12.6 Å². The van der Waals surface area contributed by atoms with E-state index in [4.69, 9.17) is 0 Å². The van der Waals surface area contributed by atoms with E-state index in [1.807, 2.05) is 0 Å². The third kappa shape index (κ3) is 1.97. The second kappa shape index (κ2) is 3.59. The summed E-state index contributed by atoms with van der Waals surface area (Å²) in [7, 11) is 2.09. The zero-order valence-electron chi connectivity index (χ0n) is 7.09. The lowest BCUT2D eigenvalue weighted by Gasteiger charge is -2.17. The first-order valence-electron chi connectivity index (χ1n) is 3.52. The zero-order chi connectivity index (χ0) is 8.43. The maximum absolute atomic E-state index is 4.33. The van der Waals surface area contributed by atoms with E-state index in [0.29, 0.717) is 0 Å². The van der Waals surface area contributed by atoms with Crippen LogP contribution in [0.1, 0.15) is 13.3 Å². The largest absolute Gasteiger partial charge is 0.323 e. The Balaban J connectivity index is 2.71. The maximum atomic E-state index is 4.33. The van der Waals surface area contributed by atoms with Gasteiger partial charge in [-0.2, -0.15) is 0 Å². The minimum atomic E-state index is 0.992. The van der Waals surface area contributed by atoms with Crippen LogP contribution in [0.25, 0.3) is 0 Å². The Hall–Kier alpha value is -0.0200. The van der Waals surface area contributed by atoms with Gasteiger partial charge in [-0.05, 0) is 23.5 Å². The van der Waals surface area contributed by atoms with Gasteiger partial charge in [0, 0.05) is 25.4 Å². The molecule has 0 saturated heterocycles. The Morgan fingerprint density at radius 3 is 2.64 bits per heavy atom. The van der Waals surface area contributed by atoms with Gasteiger partial charge in [0.2, 0.25) is 0 Å². The average Bonchev–Trinajstić information content (AvgIpc) is 2.28. The van der Waals surface area contributed by atoms with Crippen molar-refractivity contribution in [2.75, 3.05) is 13.3 Å². The fourth-order valence-electron chi connectivity index (χ4n) is 1.17. The molecule has 0 bridgehead atoms. The van der Waals surface area contributed by atoms with Crippen molar-refractivity contribution < 1.29 is 0 Å². The van der Waals surface area contributed by atoms with E-state index < -0.39 is 0 Å². The van der Waals surface area contributed by atoms with Crippen molar-refractivity contribution in [3.05, 3.63) is 22.3 Å². The van der Waals surface area contributed by atoms with Crippen LogP contribution < -0.4 is 0 Å². The van der Waals surface area contributed by atoms with Gasteiger partial charge in [0.05, 0.1) is 0 Å². The Bertz CT molecular complexity index is 218. The number of allylic oxidation sites excluding steroid dienone is 3. The van der Waals surface area contributed by atoms with Gasteiger partial charge in [0.15, 0.2) is 0 Å². The van der Waals surface area contributed by atoms with E-state index in [9.17, 15) is 0 Å². The molecule has 0 heterocycles. The van der Waals surface area contributed by atoms with Gasteiger partial charge in [-0.1, -0.05) is 11.9 Å². The lowest BCUT2D eigenvalue weighted by molar-refractivity contribution is 0.680. The fraction of sp³-hybridized carbons (Fsp3) is 0.500. The lowest BCUT2D eigenvalue weighted by Crippen LogP contribution is -2.07. The quantitative estimate of drug-likeness (QED) is 0.523. The summed E-state index contributed by atoms with van der Waals surface area (Å²) in [5, 5.41) is 0. The van der Waals surface area contributed by atoms with E-state index in [0.717, 1.165) is 6.42 Å². The van der Waals surface area contributed by atoms with Crippen LogP contribution in [0.4, 0.5) is 0 Å². The van der Waals surface area contributed by atoms with Crippen LogP contribution in [-0.4, -0.2) is 17.6 Å². The minimum absolute atomic E-state index is 0.992. The first kappa shape index (κ1) is 9.07. The second-order valence-electron chi connectivity index (χ2n) is 2.62. The van der Waals surface area contributed by atoms with E-state index in [1.54, 1.807) is 11.9 Å². The van der Waals surface area contributed by atoms with Gasteiger partial charge in [-0.25, -0.2) is 0 Å². The fourth-order valence-corrected chi connectivity index (χ4v) is 1.94. The molecule has 0 radical (unpaired) electrons. The van der Waals surface area contributed by atoms with E-state index in [2.05, 4.69) is 43.2 Å². The maximum Gasteiger partial charge on any atom is 0.0316 e. The highest BCUT2D eigenvalue weighted by Gasteiger charge is 2.13. The van der Waals surface area contributed by atoms with Gasteiger partial charge < -0.3 is 4.31 Å². The normalized spacial score (nSPS) is 17.3. The van der Waals surface area contributed by atoms with Crippen molar-refractivity contribution in [2.24, 2.45) is 0 Å². The SMILES string of the molecule is CSN(C)C1=C(C)C=C(S)C1. The van der Waals surface area contributed by atoms with Gasteiger partial charge in [-0.3, -0.25) is 0 Å². The van der Waals surface area contributed by atoms with Crippen molar-refractivity contribution in [2.45, 2.75) is 13.3 Å². The molecule has 0 amide bonds. The molecular formula is C8H13NS2. The third-order valence-electron chi connectivity index (χ3n) is 1.84. The molecule has 0 aromatic rings. The molecule has 1 aliphatic rings. The van der Waals surface area contributed by atoms with Crippen molar-refractivity contribution >= 4 is 24.6 Å². The first-order valence-corrected chi connectivity index (χ1v) is 5.15. The molecule has 0 spiro atoms. The Labute approximate surface area is 78.1 Å². The average molecular weight is 187 g/mol. The van der Waals surface area contributed by atoms with Crippen molar-refractivity contribution in [1.82, 2.24) is 4.31 Å². The Morgan fingerprint density at radius 1 is 1.64 bits per heavy atom. The van der Waals surface area contributed by atoms with E-state index >= 15 is 0 Å². The van der Waals surface area contributed by atoms with Crippen molar-refractivity contribution in [3.63, 3.8) is 0 Å². The highest BCUT2D eigenvalue weighted by molar-refractivity contribution is 7.96. The van der Waals surface area contributed by atoms with Crippen LogP contribution in [0.3, 0.4) is 0 Å². The number of rotatable bonds is 2. The van der Waals surface area contributed by atoms with Crippen LogP contribution >= 0.6 is 24.6 Å². The molecule has 11 heavy (non-hydrogen) atoms. The standard InChI is InChI=1S/C8H13NS2/c1-6-4-7(10)5-8(6)9(2)11-3/h4,10H,5H2,1-3H3. The lowest BCUT2D eigenvalue weighted by atomic mass is 10.3. The topological polar surface area (TPSA) is 3.24 Å². The minimum Gasteiger partial charge on any atom is -0.323 e. The monoisotopic (exact) mass is 187 g/mol. The molecular weight excluding hydrogens is 174 g/mol. The molecule has 0 unspecified atom stereocenters. The molecule has 0 saturated carbocycles. The van der Waals surface area contributed by atoms with Gasteiger partial charge >= 0.3 is 0 Å². The molecule has 0 aromatic carbocycles. The molecule has 0 atom stereocenters. The highest BCUT2D eigenvalue weighted by atomic mass is 32.2. The molecule has 1 rings (SSSR count). The number of thiol groups is 1. The summed E-state index contributed by atoms with van der Waals surface area (Å²) >= 11 is 6.06. The Morgan fingerprint density at radius 2 is 2.27 bits per heavy atom. The zero-order valence-corrected chi connectivity index (χ0v) is 8.80. The number of hydrogen-bond acceptors (Lipinski definition) is 3. The van der Waals surface area contributed by atoms with E-state index in [-0.39, 0.29) is 0 Å². The molecule has 0 N–H and O–H groups in total.